The first kappa shape index (κ1) is 14.7. The molecule has 0 saturated carbocycles. The van der Waals surface area contributed by atoms with Crippen molar-refractivity contribution in [2.75, 3.05) is 7.05 Å². The molecule has 1 amide bonds. The Hall–Kier alpha value is -1.26. The van der Waals surface area contributed by atoms with E-state index in [0.29, 0.717) is 12.8 Å². The van der Waals surface area contributed by atoms with Crippen molar-refractivity contribution in [3.63, 3.8) is 0 Å². The Bertz CT molecular complexity index is 269. The van der Waals surface area contributed by atoms with Gasteiger partial charge in [0, 0.05) is 7.05 Å². The van der Waals surface area contributed by atoms with Crippen molar-refractivity contribution in [1.82, 2.24) is 5.32 Å². The Morgan fingerprint density at radius 1 is 1.31 bits per heavy atom. The van der Waals surface area contributed by atoms with Crippen LogP contribution >= 0.6 is 0 Å². The van der Waals surface area contributed by atoms with Gasteiger partial charge < -0.3 is 5.32 Å². The number of hydrogen-bond acceptors (Lipinski definition) is 1. The third-order valence-electron chi connectivity index (χ3n) is 1.95. The van der Waals surface area contributed by atoms with Crippen LogP contribution in [-0.2, 0) is 4.79 Å². The molecular formula is C11H16F3NO. The molecule has 0 aromatic rings. The Morgan fingerprint density at radius 3 is 2.31 bits per heavy atom. The van der Waals surface area contributed by atoms with E-state index in [-0.39, 0.29) is 0 Å². The molecule has 0 aliphatic heterocycles. The van der Waals surface area contributed by atoms with E-state index in [2.05, 4.69) is 0 Å². The Kier molecular flexibility index (Phi) is 6.53. The van der Waals surface area contributed by atoms with Crippen LogP contribution in [0.2, 0.25) is 0 Å². The summed E-state index contributed by atoms with van der Waals surface area (Å²) in [5, 5.41) is 2.00. The Labute approximate surface area is 93.2 Å². The van der Waals surface area contributed by atoms with Gasteiger partial charge in [-0.1, -0.05) is 24.3 Å². The van der Waals surface area contributed by atoms with Crippen molar-refractivity contribution in [1.29, 1.82) is 0 Å². The Balaban J connectivity index is 4.38. The minimum Gasteiger partial charge on any atom is -0.358 e. The maximum atomic E-state index is 12.4. The lowest BCUT2D eigenvalue weighted by atomic mass is 10.1. The molecule has 5 heteroatoms. The summed E-state index contributed by atoms with van der Waals surface area (Å²) in [6, 6.07) is 0. The zero-order chi connectivity index (χ0) is 12.6. The standard InChI is InChI=1S/C11H16F3NO/c1-3-4-5-6-7-8-9(10(16)15-2)11(12,13)14/h3-4,7-9H,5-6H2,1-2H3,(H,15,16)/b4-3-,8-7+. The van der Waals surface area contributed by atoms with E-state index < -0.39 is 18.0 Å². The summed E-state index contributed by atoms with van der Waals surface area (Å²) in [6.07, 6.45) is 2.60. The van der Waals surface area contributed by atoms with Gasteiger partial charge in [0.1, 0.15) is 0 Å². The summed E-state index contributed by atoms with van der Waals surface area (Å²) in [6.45, 7) is 1.84. The molecule has 2 nitrogen and oxygen atoms in total. The molecule has 0 aliphatic carbocycles. The summed E-state index contributed by atoms with van der Waals surface area (Å²) in [5.41, 5.74) is 0. The molecule has 92 valence electrons. The average Bonchev–Trinajstić information content (AvgIpc) is 2.20. The number of carbonyl (C=O) groups excluding carboxylic acids is 1. The van der Waals surface area contributed by atoms with Gasteiger partial charge in [-0.3, -0.25) is 4.79 Å². The fraction of sp³-hybridized carbons (Fsp3) is 0.545. The lowest BCUT2D eigenvalue weighted by Gasteiger charge is -2.14. The maximum absolute atomic E-state index is 12.4. The molecule has 0 rings (SSSR count). The Morgan fingerprint density at radius 2 is 1.88 bits per heavy atom. The highest BCUT2D eigenvalue weighted by molar-refractivity contribution is 5.80. The first-order chi connectivity index (χ1) is 7.43. The van der Waals surface area contributed by atoms with Crippen LogP contribution in [0, 0.1) is 5.92 Å². The SMILES string of the molecule is C/C=C\CC/C=C/C(C(=O)NC)C(F)(F)F. The first-order valence-corrected chi connectivity index (χ1v) is 4.99. The summed E-state index contributed by atoms with van der Waals surface area (Å²) in [4.78, 5) is 11.0. The van der Waals surface area contributed by atoms with Gasteiger partial charge in [-0.15, -0.1) is 0 Å². The largest absolute Gasteiger partial charge is 0.403 e. The van der Waals surface area contributed by atoms with Gasteiger partial charge in [0.05, 0.1) is 0 Å². The normalized spacial score (nSPS) is 14.6. The fourth-order valence-electron chi connectivity index (χ4n) is 1.09. The molecule has 0 aliphatic rings. The quantitative estimate of drug-likeness (QED) is 0.576. The van der Waals surface area contributed by atoms with E-state index >= 15 is 0 Å². The lowest BCUT2D eigenvalue weighted by molar-refractivity contribution is -0.172. The smallest absolute Gasteiger partial charge is 0.358 e. The number of unbranched alkanes of at least 4 members (excludes halogenated alkanes) is 1. The predicted molar refractivity (Wildman–Crippen MR) is 56.8 cm³/mol. The second kappa shape index (κ2) is 7.09. The van der Waals surface area contributed by atoms with Crippen molar-refractivity contribution in [3.8, 4) is 0 Å². The van der Waals surface area contributed by atoms with Crippen molar-refractivity contribution in [2.45, 2.75) is 25.9 Å². The van der Waals surface area contributed by atoms with Crippen LogP contribution in [0.4, 0.5) is 13.2 Å². The third-order valence-corrected chi connectivity index (χ3v) is 1.95. The van der Waals surface area contributed by atoms with E-state index in [1.165, 1.54) is 13.1 Å². The van der Waals surface area contributed by atoms with Crippen LogP contribution < -0.4 is 5.32 Å². The van der Waals surface area contributed by atoms with E-state index in [0.717, 1.165) is 6.08 Å². The van der Waals surface area contributed by atoms with Gasteiger partial charge in [0.2, 0.25) is 5.91 Å². The van der Waals surface area contributed by atoms with Crippen molar-refractivity contribution in [3.05, 3.63) is 24.3 Å². The lowest BCUT2D eigenvalue weighted by Crippen LogP contribution is -2.36. The highest BCUT2D eigenvalue weighted by atomic mass is 19.4. The topological polar surface area (TPSA) is 29.1 Å². The predicted octanol–water partition coefficient (Wildman–Crippen LogP) is 2.82. The summed E-state index contributed by atoms with van der Waals surface area (Å²) >= 11 is 0. The maximum Gasteiger partial charge on any atom is 0.403 e. The molecule has 0 fully saturated rings. The number of rotatable bonds is 5. The monoisotopic (exact) mass is 235 g/mol. The van der Waals surface area contributed by atoms with E-state index in [1.54, 1.807) is 0 Å². The zero-order valence-corrected chi connectivity index (χ0v) is 9.34. The molecule has 1 unspecified atom stereocenters. The molecule has 16 heavy (non-hydrogen) atoms. The molecule has 0 saturated heterocycles. The minimum atomic E-state index is -4.53. The van der Waals surface area contributed by atoms with Gasteiger partial charge in [0.25, 0.3) is 0 Å². The van der Waals surface area contributed by atoms with Crippen molar-refractivity contribution in [2.24, 2.45) is 5.92 Å². The number of hydrogen-bond donors (Lipinski definition) is 1. The van der Waals surface area contributed by atoms with Crippen LogP contribution in [0.15, 0.2) is 24.3 Å². The number of alkyl halides is 3. The van der Waals surface area contributed by atoms with Crippen LogP contribution in [0.5, 0.6) is 0 Å². The van der Waals surface area contributed by atoms with E-state index in [1.807, 2.05) is 24.4 Å². The summed E-state index contributed by atoms with van der Waals surface area (Å²) in [5.74, 6) is -3.09. The van der Waals surface area contributed by atoms with Gasteiger partial charge >= 0.3 is 6.18 Å². The number of nitrogens with one attached hydrogen (secondary N) is 1. The van der Waals surface area contributed by atoms with Crippen molar-refractivity contribution < 1.29 is 18.0 Å². The first-order valence-electron chi connectivity index (χ1n) is 4.99. The third kappa shape index (κ3) is 5.58. The van der Waals surface area contributed by atoms with Crippen LogP contribution in [0.1, 0.15) is 19.8 Å². The highest BCUT2D eigenvalue weighted by Gasteiger charge is 2.42. The molecule has 0 bridgehead atoms. The van der Waals surface area contributed by atoms with E-state index in [4.69, 9.17) is 0 Å². The molecule has 0 spiro atoms. The van der Waals surface area contributed by atoms with Gasteiger partial charge in [0.15, 0.2) is 5.92 Å². The molecule has 1 N–H and O–H groups in total. The number of halogens is 3. The zero-order valence-electron chi connectivity index (χ0n) is 9.34. The molecule has 0 radical (unpaired) electrons. The second-order valence-electron chi connectivity index (χ2n) is 3.21. The van der Waals surface area contributed by atoms with Crippen LogP contribution in [0.25, 0.3) is 0 Å². The molecule has 0 aromatic heterocycles. The number of allylic oxidation sites excluding steroid dienone is 3. The van der Waals surface area contributed by atoms with Crippen LogP contribution in [0.3, 0.4) is 0 Å². The minimum absolute atomic E-state index is 0.494. The average molecular weight is 235 g/mol. The fourth-order valence-corrected chi connectivity index (χ4v) is 1.09. The van der Waals surface area contributed by atoms with Gasteiger partial charge in [-0.2, -0.15) is 13.2 Å². The molecular weight excluding hydrogens is 219 g/mol. The van der Waals surface area contributed by atoms with Gasteiger partial charge in [-0.05, 0) is 19.8 Å². The van der Waals surface area contributed by atoms with Crippen molar-refractivity contribution >= 4 is 5.91 Å². The number of amides is 1. The van der Waals surface area contributed by atoms with Gasteiger partial charge in [-0.25, -0.2) is 0 Å². The van der Waals surface area contributed by atoms with E-state index in [9.17, 15) is 18.0 Å². The molecule has 1 atom stereocenters. The number of carbonyl (C=O) groups is 1. The second-order valence-corrected chi connectivity index (χ2v) is 3.21. The summed E-state index contributed by atoms with van der Waals surface area (Å²) < 4.78 is 37.2. The van der Waals surface area contributed by atoms with Crippen LogP contribution in [-0.4, -0.2) is 19.1 Å². The highest BCUT2D eigenvalue weighted by Crippen LogP contribution is 2.27. The molecule has 0 heterocycles. The molecule has 0 aromatic carbocycles. The summed E-state index contributed by atoms with van der Waals surface area (Å²) in [7, 11) is 1.19.